The fourth-order valence-corrected chi connectivity index (χ4v) is 4.00. The maximum atomic E-state index is 12.9. The van der Waals surface area contributed by atoms with Crippen molar-refractivity contribution in [1.82, 2.24) is 9.88 Å². The molecule has 0 radical (unpaired) electrons. The fourth-order valence-electron chi connectivity index (χ4n) is 4.00. The number of hydrogen-bond acceptors (Lipinski definition) is 2. The van der Waals surface area contributed by atoms with Gasteiger partial charge in [0.05, 0.1) is 5.56 Å². The molecule has 0 saturated heterocycles. The van der Waals surface area contributed by atoms with Gasteiger partial charge in [-0.2, -0.15) is 13.2 Å². The molecule has 2 heterocycles. The second kappa shape index (κ2) is 6.73. The molecule has 3 nitrogen and oxygen atoms in total. The largest absolute Gasteiger partial charge is 0.417 e. The molecule has 1 aromatic heterocycles. The van der Waals surface area contributed by atoms with Crippen LogP contribution in [0.15, 0.2) is 12.3 Å². The molecule has 1 fully saturated rings. The lowest BCUT2D eigenvalue weighted by atomic mass is 9.98. The third-order valence-electron chi connectivity index (χ3n) is 5.27. The van der Waals surface area contributed by atoms with E-state index in [1.54, 1.807) is 4.90 Å². The Hall–Kier alpha value is -1.59. The zero-order valence-corrected chi connectivity index (χ0v) is 13.9. The van der Waals surface area contributed by atoms with Crippen molar-refractivity contribution in [3.8, 4) is 0 Å². The maximum Gasteiger partial charge on any atom is 0.417 e. The van der Waals surface area contributed by atoms with Crippen LogP contribution in [0.3, 0.4) is 0 Å². The van der Waals surface area contributed by atoms with E-state index in [1.807, 2.05) is 0 Å². The first-order chi connectivity index (χ1) is 11.4. The van der Waals surface area contributed by atoms with Crippen LogP contribution in [0.2, 0.25) is 0 Å². The molecule has 3 rings (SSSR count). The molecule has 0 spiro atoms. The molecule has 2 aliphatic rings. The van der Waals surface area contributed by atoms with E-state index in [0.29, 0.717) is 30.1 Å². The number of alkyl halides is 3. The van der Waals surface area contributed by atoms with E-state index < -0.39 is 11.7 Å². The summed E-state index contributed by atoms with van der Waals surface area (Å²) in [6.45, 7) is 2.96. The minimum Gasteiger partial charge on any atom is -0.338 e. The number of fused-ring (bicyclic) bond motifs is 1. The molecule has 2 atom stereocenters. The maximum absolute atomic E-state index is 12.9. The van der Waals surface area contributed by atoms with Gasteiger partial charge in [0.15, 0.2) is 0 Å². The van der Waals surface area contributed by atoms with Gasteiger partial charge in [-0.25, -0.2) is 0 Å². The lowest BCUT2D eigenvalue weighted by molar-refractivity contribution is -0.137. The molecular weight excluding hydrogens is 317 g/mol. The number of carbonyl (C=O) groups is 1. The van der Waals surface area contributed by atoms with E-state index in [9.17, 15) is 18.0 Å². The Kier molecular flexibility index (Phi) is 4.83. The topological polar surface area (TPSA) is 33.2 Å². The summed E-state index contributed by atoms with van der Waals surface area (Å²) in [5.41, 5.74) is 0.481. The predicted molar refractivity (Wildman–Crippen MR) is 84.1 cm³/mol. The third kappa shape index (κ3) is 3.57. The highest BCUT2D eigenvalue weighted by Gasteiger charge is 2.35. The first-order valence-electron chi connectivity index (χ1n) is 8.72. The van der Waals surface area contributed by atoms with Gasteiger partial charge in [0.1, 0.15) is 0 Å². The van der Waals surface area contributed by atoms with Gasteiger partial charge in [0, 0.05) is 37.3 Å². The summed E-state index contributed by atoms with van der Waals surface area (Å²) in [4.78, 5) is 18.4. The summed E-state index contributed by atoms with van der Waals surface area (Å²) in [5.74, 6) is 0.776. The van der Waals surface area contributed by atoms with Crippen LogP contribution in [0.5, 0.6) is 0 Å². The van der Waals surface area contributed by atoms with Crippen LogP contribution in [0.1, 0.15) is 55.8 Å². The summed E-state index contributed by atoms with van der Waals surface area (Å²) in [6.07, 6.45) is 2.25. The van der Waals surface area contributed by atoms with Gasteiger partial charge in [0.25, 0.3) is 0 Å². The monoisotopic (exact) mass is 340 g/mol. The average Bonchev–Trinajstić information content (AvgIpc) is 3.01. The molecule has 2 unspecified atom stereocenters. The van der Waals surface area contributed by atoms with Crippen molar-refractivity contribution in [3.05, 3.63) is 29.1 Å². The number of pyridine rings is 1. The SMILES string of the molecule is CCCC1CCC(C(=O)N2CCc3ncc(C(F)(F)F)cc3C2)C1. The number of hydrogen-bond donors (Lipinski definition) is 0. The van der Waals surface area contributed by atoms with Gasteiger partial charge >= 0.3 is 6.18 Å². The summed E-state index contributed by atoms with van der Waals surface area (Å²) in [6, 6.07) is 1.15. The number of nitrogens with zero attached hydrogens (tertiary/aromatic N) is 2. The predicted octanol–water partition coefficient (Wildman–Crippen LogP) is 4.20. The van der Waals surface area contributed by atoms with Gasteiger partial charge in [-0.15, -0.1) is 0 Å². The van der Waals surface area contributed by atoms with Crippen molar-refractivity contribution in [2.45, 2.75) is 58.2 Å². The van der Waals surface area contributed by atoms with Crippen molar-refractivity contribution >= 4 is 5.91 Å². The molecule has 1 amide bonds. The van der Waals surface area contributed by atoms with Gasteiger partial charge in [0.2, 0.25) is 5.91 Å². The highest BCUT2D eigenvalue weighted by molar-refractivity contribution is 5.79. The van der Waals surface area contributed by atoms with Crippen molar-refractivity contribution in [1.29, 1.82) is 0 Å². The molecule has 1 saturated carbocycles. The minimum absolute atomic E-state index is 0.0434. The number of carbonyl (C=O) groups excluding carboxylic acids is 1. The van der Waals surface area contributed by atoms with Crippen molar-refractivity contribution in [2.75, 3.05) is 6.54 Å². The zero-order valence-electron chi connectivity index (χ0n) is 13.9. The fraction of sp³-hybridized carbons (Fsp3) is 0.667. The minimum atomic E-state index is -4.40. The highest BCUT2D eigenvalue weighted by atomic mass is 19.4. The summed E-state index contributed by atoms with van der Waals surface area (Å²) in [7, 11) is 0. The molecule has 24 heavy (non-hydrogen) atoms. The summed E-state index contributed by atoms with van der Waals surface area (Å²) < 4.78 is 38.6. The van der Waals surface area contributed by atoms with E-state index in [-0.39, 0.29) is 18.4 Å². The van der Waals surface area contributed by atoms with E-state index in [4.69, 9.17) is 0 Å². The van der Waals surface area contributed by atoms with Crippen LogP contribution < -0.4 is 0 Å². The zero-order chi connectivity index (χ0) is 17.3. The van der Waals surface area contributed by atoms with E-state index in [1.165, 1.54) is 0 Å². The lowest BCUT2D eigenvalue weighted by Crippen LogP contribution is -2.39. The van der Waals surface area contributed by atoms with Gasteiger partial charge < -0.3 is 4.90 Å². The van der Waals surface area contributed by atoms with E-state index in [0.717, 1.165) is 44.4 Å². The first kappa shape index (κ1) is 17.2. The van der Waals surface area contributed by atoms with Crippen LogP contribution in [-0.2, 0) is 23.9 Å². The molecule has 0 aromatic carbocycles. The number of aromatic nitrogens is 1. The quantitative estimate of drug-likeness (QED) is 0.826. The van der Waals surface area contributed by atoms with Gasteiger partial charge in [-0.1, -0.05) is 19.8 Å². The number of amides is 1. The van der Waals surface area contributed by atoms with Gasteiger partial charge in [-0.05, 0) is 36.8 Å². The summed E-state index contributed by atoms with van der Waals surface area (Å²) >= 11 is 0. The molecule has 0 bridgehead atoms. The van der Waals surface area contributed by atoms with Crippen molar-refractivity contribution < 1.29 is 18.0 Å². The Balaban J connectivity index is 1.69. The molecule has 1 aliphatic heterocycles. The van der Waals surface area contributed by atoms with Crippen LogP contribution >= 0.6 is 0 Å². The standard InChI is InChI=1S/C18H23F3N2O/c1-2-3-12-4-5-13(8-12)17(24)23-7-6-16-14(11-23)9-15(10-22-16)18(19,20)21/h9-10,12-13H,2-8,11H2,1H3. The molecule has 1 aromatic rings. The van der Waals surface area contributed by atoms with Crippen molar-refractivity contribution in [2.24, 2.45) is 11.8 Å². The molecule has 6 heteroatoms. The second-order valence-corrected chi connectivity index (χ2v) is 7.00. The normalized spacial score (nSPS) is 24.1. The Morgan fingerprint density at radius 3 is 2.88 bits per heavy atom. The van der Waals surface area contributed by atoms with Crippen LogP contribution in [0, 0.1) is 11.8 Å². The molecule has 0 N–H and O–H groups in total. The molecular formula is C18H23F3N2O. The van der Waals surface area contributed by atoms with E-state index >= 15 is 0 Å². The van der Waals surface area contributed by atoms with Crippen molar-refractivity contribution in [3.63, 3.8) is 0 Å². The lowest BCUT2D eigenvalue weighted by Gasteiger charge is -2.30. The van der Waals surface area contributed by atoms with Gasteiger partial charge in [-0.3, -0.25) is 9.78 Å². The van der Waals surface area contributed by atoms with Crippen LogP contribution in [0.25, 0.3) is 0 Å². The van der Waals surface area contributed by atoms with E-state index in [2.05, 4.69) is 11.9 Å². The number of halogens is 3. The molecule has 1 aliphatic carbocycles. The third-order valence-corrected chi connectivity index (χ3v) is 5.27. The average molecular weight is 340 g/mol. The smallest absolute Gasteiger partial charge is 0.338 e. The Bertz CT molecular complexity index is 615. The highest BCUT2D eigenvalue weighted by Crippen LogP contribution is 2.36. The second-order valence-electron chi connectivity index (χ2n) is 7.00. The van der Waals surface area contributed by atoms with Crippen LogP contribution in [-0.4, -0.2) is 22.3 Å². The first-order valence-corrected chi connectivity index (χ1v) is 8.72. The Labute approximate surface area is 140 Å². The Morgan fingerprint density at radius 2 is 2.17 bits per heavy atom. The Morgan fingerprint density at radius 1 is 1.38 bits per heavy atom. The molecule has 132 valence electrons. The van der Waals surface area contributed by atoms with Crippen LogP contribution in [0.4, 0.5) is 13.2 Å². The number of rotatable bonds is 3. The summed E-state index contributed by atoms with van der Waals surface area (Å²) in [5, 5.41) is 0.